The lowest BCUT2D eigenvalue weighted by Gasteiger charge is -2.10. The molecule has 0 atom stereocenters. The zero-order valence-corrected chi connectivity index (χ0v) is 10.5. The highest BCUT2D eigenvalue weighted by atomic mass is 19.1. The summed E-state index contributed by atoms with van der Waals surface area (Å²) in [6, 6.07) is 13.5. The fourth-order valence-electron chi connectivity index (χ4n) is 1.68. The second-order valence-corrected chi connectivity index (χ2v) is 3.99. The number of rotatable bonds is 4. The second kappa shape index (κ2) is 6.00. The molecule has 19 heavy (non-hydrogen) atoms. The van der Waals surface area contributed by atoms with Gasteiger partial charge in [0.05, 0.1) is 5.56 Å². The van der Waals surface area contributed by atoms with E-state index in [0.717, 1.165) is 5.56 Å². The minimum atomic E-state index is -0.467. The van der Waals surface area contributed by atoms with Crippen LogP contribution >= 0.6 is 0 Å². The van der Waals surface area contributed by atoms with Crippen LogP contribution in [0.15, 0.2) is 48.5 Å². The minimum absolute atomic E-state index is 0.193. The van der Waals surface area contributed by atoms with Gasteiger partial charge < -0.3 is 10.1 Å². The van der Waals surface area contributed by atoms with E-state index in [1.165, 1.54) is 25.2 Å². The zero-order chi connectivity index (χ0) is 13.7. The number of ether oxygens (including phenoxy) is 1. The van der Waals surface area contributed by atoms with E-state index < -0.39 is 5.82 Å². The minimum Gasteiger partial charge on any atom is -0.488 e. The van der Waals surface area contributed by atoms with Crippen molar-refractivity contribution in [2.24, 2.45) is 0 Å². The number of hydrogen-bond donors (Lipinski definition) is 1. The molecule has 0 radical (unpaired) electrons. The van der Waals surface area contributed by atoms with E-state index in [2.05, 4.69) is 5.32 Å². The molecular weight excluding hydrogens is 245 g/mol. The van der Waals surface area contributed by atoms with Crippen LogP contribution in [0.4, 0.5) is 4.39 Å². The van der Waals surface area contributed by atoms with E-state index >= 15 is 0 Å². The van der Waals surface area contributed by atoms with Crippen molar-refractivity contribution in [2.45, 2.75) is 6.61 Å². The van der Waals surface area contributed by atoms with Gasteiger partial charge in [-0.2, -0.15) is 0 Å². The summed E-state index contributed by atoms with van der Waals surface area (Å²) in [5.41, 5.74) is 1.17. The van der Waals surface area contributed by atoms with Crippen LogP contribution < -0.4 is 10.1 Å². The first kappa shape index (κ1) is 13.1. The Kier molecular flexibility index (Phi) is 4.13. The fourth-order valence-corrected chi connectivity index (χ4v) is 1.68. The molecule has 98 valence electrons. The Hall–Kier alpha value is -2.36. The Morgan fingerprint density at radius 2 is 1.95 bits per heavy atom. The van der Waals surface area contributed by atoms with Crippen LogP contribution in [0.1, 0.15) is 15.9 Å². The van der Waals surface area contributed by atoms with Crippen LogP contribution in [0.25, 0.3) is 0 Å². The van der Waals surface area contributed by atoms with E-state index in [4.69, 9.17) is 4.74 Å². The van der Waals surface area contributed by atoms with Crippen LogP contribution in [-0.2, 0) is 6.61 Å². The van der Waals surface area contributed by atoms with Gasteiger partial charge in [-0.3, -0.25) is 4.79 Å². The molecule has 0 fully saturated rings. The molecule has 0 aromatic heterocycles. The molecule has 4 heteroatoms. The first-order valence-electron chi connectivity index (χ1n) is 5.89. The molecule has 0 unspecified atom stereocenters. The lowest BCUT2D eigenvalue weighted by molar-refractivity contribution is 0.0958. The van der Waals surface area contributed by atoms with Gasteiger partial charge in [0.2, 0.25) is 0 Å². The number of hydrogen-bond acceptors (Lipinski definition) is 2. The van der Waals surface area contributed by atoms with Gasteiger partial charge >= 0.3 is 0 Å². The van der Waals surface area contributed by atoms with Gasteiger partial charge in [-0.05, 0) is 23.8 Å². The van der Waals surface area contributed by atoms with Crippen molar-refractivity contribution in [1.29, 1.82) is 0 Å². The van der Waals surface area contributed by atoms with Crippen molar-refractivity contribution in [3.63, 3.8) is 0 Å². The molecule has 1 amide bonds. The standard InChI is InChI=1S/C15H14FNO2/c1-17-15(18)13-9-12(16)7-8-14(13)19-10-11-5-3-2-4-6-11/h2-9H,10H2,1H3,(H,17,18). The van der Waals surface area contributed by atoms with Gasteiger partial charge in [-0.15, -0.1) is 0 Å². The molecule has 3 nitrogen and oxygen atoms in total. The van der Waals surface area contributed by atoms with Crippen molar-refractivity contribution in [3.8, 4) is 5.75 Å². The van der Waals surface area contributed by atoms with Gasteiger partial charge in [0, 0.05) is 7.05 Å². The molecule has 0 saturated carbocycles. The highest BCUT2D eigenvalue weighted by molar-refractivity contribution is 5.96. The van der Waals surface area contributed by atoms with Crippen molar-refractivity contribution >= 4 is 5.91 Å². The molecule has 2 aromatic carbocycles. The number of nitrogens with one attached hydrogen (secondary N) is 1. The summed E-state index contributed by atoms with van der Waals surface area (Å²) in [5, 5.41) is 2.46. The van der Waals surface area contributed by atoms with Crippen molar-refractivity contribution < 1.29 is 13.9 Å². The van der Waals surface area contributed by atoms with Crippen molar-refractivity contribution in [2.75, 3.05) is 7.05 Å². The highest BCUT2D eigenvalue weighted by Crippen LogP contribution is 2.21. The molecule has 0 bridgehead atoms. The van der Waals surface area contributed by atoms with Crippen LogP contribution in [0.3, 0.4) is 0 Å². The fraction of sp³-hybridized carbons (Fsp3) is 0.133. The van der Waals surface area contributed by atoms with Crippen LogP contribution in [0.5, 0.6) is 5.75 Å². The molecule has 0 aliphatic carbocycles. The SMILES string of the molecule is CNC(=O)c1cc(F)ccc1OCc1ccccc1. The van der Waals surface area contributed by atoms with Crippen molar-refractivity contribution in [3.05, 3.63) is 65.5 Å². The maximum atomic E-state index is 13.2. The van der Waals surface area contributed by atoms with E-state index in [-0.39, 0.29) is 11.5 Å². The Morgan fingerprint density at radius 1 is 1.21 bits per heavy atom. The molecule has 0 heterocycles. The molecule has 1 N–H and O–H groups in total. The molecule has 0 saturated heterocycles. The lowest BCUT2D eigenvalue weighted by atomic mass is 10.2. The number of carbonyl (C=O) groups excluding carboxylic acids is 1. The monoisotopic (exact) mass is 259 g/mol. The van der Waals surface area contributed by atoms with Crippen LogP contribution in [-0.4, -0.2) is 13.0 Å². The Morgan fingerprint density at radius 3 is 2.63 bits per heavy atom. The van der Waals surface area contributed by atoms with Gasteiger partial charge in [0.25, 0.3) is 5.91 Å². The van der Waals surface area contributed by atoms with E-state index in [0.29, 0.717) is 12.4 Å². The second-order valence-electron chi connectivity index (χ2n) is 3.99. The number of amides is 1. The Bertz CT molecular complexity index is 570. The molecule has 0 spiro atoms. The first-order valence-corrected chi connectivity index (χ1v) is 5.89. The van der Waals surface area contributed by atoms with Gasteiger partial charge in [0.1, 0.15) is 18.2 Å². The quantitative estimate of drug-likeness (QED) is 0.916. The maximum Gasteiger partial charge on any atom is 0.254 e. The molecule has 2 aromatic rings. The van der Waals surface area contributed by atoms with E-state index in [1.807, 2.05) is 30.3 Å². The summed E-state index contributed by atoms with van der Waals surface area (Å²) >= 11 is 0. The Balaban J connectivity index is 2.18. The van der Waals surface area contributed by atoms with Crippen molar-refractivity contribution in [1.82, 2.24) is 5.32 Å². The number of benzene rings is 2. The van der Waals surface area contributed by atoms with E-state index in [9.17, 15) is 9.18 Å². The largest absolute Gasteiger partial charge is 0.488 e. The topological polar surface area (TPSA) is 38.3 Å². The summed E-state index contributed by atoms with van der Waals surface area (Å²) in [6.07, 6.45) is 0. The summed E-state index contributed by atoms with van der Waals surface area (Å²) in [6.45, 7) is 0.330. The first-order chi connectivity index (χ1) is 9.20. The predicted octanol–water partition coefficient (Wildman–Crippen LogP) is 2.76. The predicted molar refractivity (Wildman–Crippen MR) is 70.6 cm³/mol. The third kappa shape index (κ3) is 3.31. The third-order valence-corrected chi connectivity index (χ3v) is 2.65. The maximum absolute atomic E-state index is 13.2. The Labute approximate surface area is 111 Å². The third-order valence-electron chi connectivity index (χ3n) is 2.65. The summed E-state index contributed by atoms with van der Waals surface area (Å²) in [7, 11) is 1.49. The zero-order valence-electron chi connectivity index (χ0n) is 10.5. The average molecular weight is 259 g/mol. The summed E-state index contributed by atoms with van der Waals surface area (Å²) < 4.78 is 18.7. The van der Waals surface area contributed by atoms with Crippen LogP contribution in [0, 0.1) is 5.82 Å². The number of halogens is 1. The van der Waals surface area contributed by atoms with Gasteiger partial charge in [0.15, 0.2) is 0 Å². The van der Waals surface area contributed by atoms with Gasteiger partial charge in [-0.25, -0.2) is 4.39 Å². The molecule has 0 aliphatic heterocycles. The number of carbonyl (C=O) groups is 1. The van der Waals surface area contributed by atoms with Gasteiger partial charge in [-0.1, -0.05) is 30.3 Å². The highest BCUT2D eigenvalue weighted by Gasteiger charge is 2.12. The molecule has 0 aliphatic rings. The molecular formula is C15H14FNO2. The lowest BCUT2D eigenvalue weighted by Crippen LogP contribution is -2.19. The summed E-state index contributed by atoms with van der Waals surface area (Å²) in [4.78, 5) is 11.6. The average Bonchev–Trinajstić information content (AvgIpc) is 2.46. The molecule has 2 rings (SSSR count). The summed E-state index contributed by atoms with van der Waals surface area (Å²) in [5.74, 6) is -0.474. The smallest absolute Gasteiger partial charge is 0.254 e. The van der Waals surface area contributed by atoms with E-state index in [1.54, 1.807) is 0 Å². The normalized spacial score (nSPS) is 10.0. The van der Waals surface area contributed by atoms with Crippen LogP contribution in [0.2, 0.25) is 0 Å².